The van der Waals surface area contributed by atoms with Crippen molar-refractivity contribution in [1.29, 1.82) is 0 Å². The van der Waals surface area contributed by atoms with Crippen molar-refractivity contribution in [3.63, 3.8) is 0 Å². The predicted octanol–water partition coefficient (Wildman–Crippen LogP) is 3.05. The highest BCUT2D eigenvalue weighted by atomic mass is 16.5. The van der Waals surface area contributed by atoms with Crippen LogP contribution < -0.4 is 5.32 Å². The molecule has 0 saturated carbocycles. The molecule has 0 fully saturated rings. The summed E-state index contributed by atoms with van der Waals surface area (Å²) in [6.07, 6.45) is 0.403. The van der Waals surface area contributed by atoms with Crippen molar-refractivity contribution in [2.24, 2.45) is 0 Å². The number of carbonyl (C=O) groups excluding carboxylic acids is 1. The monoisotopic (exact) mass is 297 g/mol. The number of hydrogen-bond donors (Lipinski definition) is 1. The van der Waals surface area contributed by atoms with Crippen LogP contribution in [0.5, 0.6) is 0 Å². The molecule has 4 nitrogen and oxygen atoms in total. The number of alkyl carbamates (subject to hydrolysis) is 1. The zero-order chi connectivity index (χ0) is 15.2. The second-order valence-electron chi connectivity index (χ2n) is 5.35. The highest BCUT2D eigenvalue weighted by molar-refractivity contribution is 5.67. The molecule has 1 N–H and O–H groups in total. The standard InChI is InChI=1S/C18H19NO3/c20-18(22-12-14-6-2-1-3-7-14)19-11-17-10-15-8-4-5-9-16(15)13-21-17/h1-9,17H,10-13H2,(H,19,20). The van der Waals surface area contributed by atoms with Crippen LogP contribution in [0.3, 0.4) is 0 Å². The Labute approximate surface area is 130 Å². The Morgan fingerprint density at radius 3 is 2.64 bits per heavy atom. The number of ether oxygens (including phenoxy) is 2. The smallest absolute Gasteiger partial charge is 0.407 e. The van der Waals surface area contributed by atoms with E-state index in [1.165, 1.54) is 11.1 Å². The molecule has 0 saturated heterocycles. The van der Waals surface area contributed by atoms with Crippen LogP contribution in [0, 0.1) is 0 Å². The highest BCUT2D eigenvalue weighted by Crippen LogP contribution is 2.19. The molecule has 22 heavy (non-hydrogen) atoms. The van der Waals surface area contributed by atoms with Gasteiger partial charge in [-0.05, 0) is 16.7 Å². The van der Waals surface area contributed by atoms with Gasteiger partial charge in [-0.15, -0.1) is 0 Å². The number of amides is 1. The molecule has 1 aliphatic heterocycles. The van der Waals surface area contributed by atoms with E-state index >= 15 is 0 Å². The van der Waals surface area contributed by atoms with E-state index in [4.69, 9.17) is 9.47 Å². The Morgan fingerprint density at radius 1 is 1.09 bits per heavy atom. The summed E-state index contributed by atoms with van der Waals surface area (Å²) < 4.78 is 10.9. The van der Waals surface area contributed by atoms with E-state index in [9.17, 15) is 4.79 Å². The SMILES string of the molecule is O=C(NCC1Cc2ccccc2CO1)OCc1ccccc1. The molecular formula is C18H19NO3. The first-order chi connectivity index (χ1) is 10.8. The maximum absolute atomic E-state index is 11.7. The molecule has 2 aromatic carbocycles. The van der Waals surface area contributed by atoms with E-state index in [1.807, 2.05) is 42.5 Å². The third-order valence-corrected chi connectivity index (χ3v) is 3.73. The molecule has 1 heterocycles. The Balaban J connectivity index is 1.42. The van der Waals surface area contributed by atoms with Crippen molar-refractivity contribution < 1.29 is 14.3 Å². The fourth-order valence-electron chi connectivity index (χ4n) is 2.51. The van der Waals surface area contributed by atoms with Crippen LogP contribution in [0.15, 0.2) is 54.6 Å². The van der Waals surface area contributed by atoms with Gasteiger partial charge >= 0.3 is 6.09 Å². The Morgan fingerprint density at radius 2 is 1.82 bits per heavy atom. The van der Waals surface area contributed by atoms with Crippen molar-refractivity contribution >= 4 is 6.09 Å². The minimum absolute atomic E-state index is 0.000764. The van der Waals surface area contributed by atoms with Gasteiger partial charge in [0.15, 0.2) is 0 Å². The van der Waals surface area contributed by atoms with E-state index in [0.717, 1.165) is 12.0 Å². The van der Waals surface area contributed by atoms with Gasteiger partial charge in [0.2, 0.25) is 0 Å². The number of hydrogen-bond acceptors (Lipinski definition) is 3. The summed E-state index contributed by atoms with van der Waals surface area (Å²) in [4.78, 5) is 11.7. The van der Waals surface area contributed by atoms with Crippen molar-refractivity contribution in [3.8, 4) is 0 Å². The van der Waals surface area contributed by atoms with E-state index < -0.39 is 6.09 Å². The van der Waals surface area contributed by atoms with Crippen LogP contribution >= 0.6 is 0 Å². The maximum Gasteiger partial charge on any atom is 0.407 e. The topological polar surface area (TPSA) is 47.6 Å². The second-order valence-corrected chi connectivity index (χ2v) is 5.35. The van der Waals surface area contributed by atoms with E-state index in [0.29, 0.717) is 13.2 Å². The minimum Gasteiger partial charge on any atom is -0.445 e. The average molecular weight is 297 g/mol. The number of fused-ring (bicyclic) bond motifs is 1. The molecule has 0 aliphatic carbocycles. The molecule has 3 rings (SSSR count). The highest BCUT2D eigenvalue weighted by Gasteiger charge is 2.19. The van der Waals surface area contributed by atoms with Crippen LogP contribution in [0.2, 0.25) is 0 Å². The molecule has 0 bridgehead atoms. The maximum atomic E-state index is 11.7. The molecule has 2 aromatic rings. The third-order valence-electron chi connectivity index (χ3n) is 3.73. The average Bonchev–Trinajstić information content (AvgIpc) is 2.59. The van der Waals surface area contributed by atoms with Gasteiger partial charge in [-0.2, -0.15) is 0 Å². The van der Waals surface area contributed by atoms with Gasteiger partial charge in [0, 0.05) is 13.0 Å². The summed E-state index contributed by atoms with van der Waals surface area (Å²) in [5.74, 6) is 0. The van der Waals surface area contributed by atoms with E-state index in [1.54, 1.807) is 0 Å². The van der Waals surface area contributed by atoms with Crippen LogP contribution in [0.1, 0.15) is 16.7 Å². The largest absolute Gasteiger partial charge is 0.445 e. The van der Waals surface area contributed by atoms with Crippen molar-refractivity contribution in [3.05, 3.63) is 71.3 Å². The molecule has 1 amide bonds. The number of nitrogens with one attached hydrogen (secondary N) is 1. The van der Waals surface area contributed by atoms with Gasteiger partial charge < -0.3 is 14.8 Å². The number of carbonyl (C=O) groups is 1. The lowest BCUT2D eigenvalue weighted by Gasteiger charge is -2.25. The summed E-state index contributed by atoms with van der Waals surface area (Å²) in [5, 5.41) is 2.77. The summed E-state index contributed by atoms with van der Waals surface area (Å²) in [7, 11) is 0. The lowest BCUT2D eigenvalue weighted by atomic mass is 9.99. The van der Waals surface area contributed by atoms with Crippen LogP contribution in [-0.2, 0) is 29.1 Å². The first kappa shape index (κ1) is 14.6. The Hall–Kier alpha value is -2.33. The van der Waals surface area contributed by atoms with Crippen molar-refractivity contribution in [2.45, 2.75) is 25.7 Å². The van der Waals surface area contributed by atoms with Gasteiger partial charge in [0.1, 0.15) is 6.61 Å². The summed E-state index contributed by atoms with van der Waals surface area (Å²) in [5.41, 5.74) is 3.49. The number of benzene rings is 2. The number of rotatable bonds is 4. The summed E-state index contributed by atoms with van der Waals surface area (Å²) in [6, 6.07) is 17.9. The predicted molar refractivity (Wildman–Crippen MR) is 83.4 cm³/mol. The summed E-state index contributed by atoms with van der Waals surface area (Å²) >= 11 is 0. The van der Waals surface area contributed by atoms with E-state index in [-0.39, 0.29) is 12.7 Å². The van der Waals surface area contributed by atoms with Crippen molar-refractivity contribution in [1.82, 2.24) is 5.32 Å². The van der Waals surface area contributed by atoms with Crippen LogP contribution in [0.25, 0.3) is 0 Å². The quantitative estimate of drug-likeness (QED) is 0.943. The molecule has 0 radical (unpaired) electrons. The van der Waals surface area contributed by atoms with E-state index in [2.05, 4.69) is 17.4 Å². The molecule has 0 aromatic heterocycles. The first-order valence-corrected chi connectivity index (χ1v) is 7.44. The van der Waals surface area contributed by atoms with Gasteiger partial charge in [-0.1, -0.05) is 54.6 Å². The minimum atomic E-state index is -0.411. The molecule has 1 aliphatic rings. The van der Waals surface area contributed by atoms with Crippen molar-refractivity contribution in [2.75, 3.05) is 6.54 Å². The Bertz CT molecular complexity index is 627. The Kier molecular flexibility index (Phi) is 4.71. The fourth-order valence-corrected chi connectivity index (χ4v) is 2.51. The van der Waals surface area contributed by atoms with Gasteiger partial charge in [0.05, 0.1) is 12.7 Å². The van der Waals surface area contributed by atoms with Gasteiger partial charge in [-0.25, -0.2) is 4.79 Å². The lowest BCUT2D eigenvalue weighted by molar-refractivity contribution is 0.0279. The fraction of sp³-hybridized carbons (Fsp3) is 0.278. The molecule has 4 heteroatoms. The van der Waals surface area contributed by atoms with Gasteiger partial charge in [-0.3, -0.25) is 0 Å². The normalized spacial score (nSPS) is 16.6. The lowest BCUT2D eigenvalue weighted by Crippen LogP contribution is -2.37. The third kappa shape index (κ3) is 3.86. The molecule has 114 valence electrons. The van der Waals surface area contributed by atoms with Gasteiger partial charge in [0.25, 0.3) is 0 Å². The van der Waals surface area contributed by atoms with Crippen LogP contribution in [0.4, 0.5) is 4.79 Å². The molecule has 0 spiro atoms. The summed E-state index contributed by atoms with van der Waals surface area (Å²) in [6.45, 7) is 1.34. The first-order valence-electron chi connectivity index (χ1n) is 7.44. The molecule has 1 atom stereocenters. The zero-order valence-corrected chi connectivity index (χ0v) is 12.3. The molecule has 1 unspecified atom stereocenters. The zero-order valence-electron chi connectivity index (χ0n) is 12.3. The van der Waals surface area contributed by atoms with Crippen LogP contribution in [-0.4, -0.2) is 18.7 Å². The second kappa shape index (κ2) is 7.09. The molecular weight excluding hydrogens is 278 g/mol.